The van der Waals surface area contributed by atoms with Crippen LogP contribution in [-0.4, -0.2) is 4.57 Å². The van der Waals surface area contributed by atoms with E-state index in [4.69, 9.17) is 0 Å². The second kappa shape index (κ2) is 9.08. The Kier molecular flexibility index (Phi) is 5.30. The molecule has 0 aliphatic heterocycles. The number of hydrogen-bond acceptors (Lipinski definition) is 0. The molecule has 1 aromatic heterocycles. The molecule has 196 valence electrons. The van der Waals surface area contributed by atoms with E-state index in [2.05, 4.69) is 158 Å². The molecule has 0 fully saturated rings. The maximum absolute atomic E-state index is 2.50. The van der Waals surface area contributed by atoms with Crippen LogP contribution in [0.4, 0.5) is 0 Å². The third kappa shape index (κ3) is 3.30. The zero-order valence-electron chi connectivity index (χ0n) is 23.4. The van der Waals surface area contributed by atoms with Gasteiger partial charge in [0.15, 0.2) is 0 Å². The smallest absolute Gasteiger partial charge is 0.0682 e. The summed E-state index contributed by atoms with van der Waals surface area (Å²) >= 11 is 0. The highest BCUT2D eigenvalue weighted by atomic mass is 15.0. The summed E-state index contributed by atoms with van der Waals surface area (Å²) < 4.78 is 2.50. The number of rotatable bonds is 3. The lowest BCUT2D eigenvalue weighted by atomic mass is 9.65. The van der Waals surface area contributed by atoms with Gasteiger partial charge in [0.1, 0.15) is 0 Å². The zero-order valence-corrected chi connectivity index (χ0v) is 23.4. The quantitative estimate of drug-likeness (QED) is 0.217. The second-order valence-corrected chi connectivity index (χ2v) is 11.4. The van der Waals surface area contributed by atoms with Gasteiger partial charge < -0.3 is 4.57 Å². The Morgan fingerprint density at radius 3 is 2.02 bits per heavy atom. The number of hydrogen-bond donors (Lipinski definition) is 0. The van der Waals surface area contributed by atoms with Gasteiger partial charge in [0, 0.05) is 16.3 Å². The normalized spacial score (nSPS) is 18.0. The number of aryl methyl sites for hydroxylation is 2. The standard InChI is InChI=1S/C40H31N/c1-27-24-25-32-35(26-27)40(29-15-4-3-5-16-29,33-19-9-6-14-28(33)2)34-20-10-13-23-38(39(32)34)41-36-21-11-7-17-30(36)31-18-8-12-22-37(31)41/h3-19,21-26H,20H2,1-2H3. The molecule has 0 amide bonds. The molecule has 1 heterocycles. The van der Waals surface area contributed by atoms with E-state index < -0.39 is 5.41 Å². The molecule has 0 N–H and O–H groups in total. The van der Waals surface area contributed by atoms with Crippen LogP contribution in [0.25, 0.3) is 33.1 Å². The number of fused-ring (bicyclic) bond motifs is 5. The van der Waals surface area contributed by atoms with Crippen molar-refractivity contribution in [3.8, 4) is 0 Å². The van der Waals surface area contributed by atoms with Crippen molar-refractivity contribution in [1.82, 2.24) is 4.57 Å². The maximum atomic E-state index is 2.50. The first-order valence-electron chi connectivity index (χ1n) is 14.5. The average Bonchev–Trinajstić information content (AvgIpc) is 3.38. The predicted molar refractivity (Wildman–Crippen MR) is 173 cm³/mol. The van der Waals surface area contributed by atoms with Crippen molar-refractivity contribution >= 4 is 33.1 Å². The van der Waals surface area contributed by atoms with Gasteiger partial charge in [0.25, 0.3) is 0 Å². The summed E-state index contributed by atoms with van der Waals surface area (Å²) in [6, 6.07) is 44.9. The van der Waals surface area contributed by atoms with Crippen LogP contribution in [0, 0.1) is 13.8 Å². The van der Waals surface area contributed by atoms with Crippen LogP contribution in [0.3, 0.4) is 0 Å². The summed E-state index contributed by atoms with van der Waals surface area (Å²) in [5.41, 5.74) is 14.1. The maximum Gasteiger partial charge on any atom is 0.0682 e. The molecule has 0 saturated heterocycles. The fourth-order valence-corrected chi connectivity index (χ4v) is 7.52. The monoisotopic (exact) mass is 525 g/mol. The molecular formula is C40H31N. The number of allylic oxidation sites excluding steroid dienone is 6. The summed E-state index contributed by atoms with van der Waals surface area (Å²) in [6.07, 6.45) is 7.83. The van der Waals surface area contributed by atoms with E-state index in [0.717, 1.165) is 6.42 Å². The van der Waals surface area contributed by atoms with Crippen molar-refractivity contribution < 1.29 is 0 Å². The summed E-state index contributed by atoms with van der Waals surface area (Å²) in [6.45, 7) is 4.49. The van der Waals surface area contributed by atoms with Crippen molar-refractivity contribution in [2.45, 2.75) is 25.7 Å². The van der Waals surface area contributed by atoms with Crippen molar-refractivity contribution in [1.29, 1.82) is 0 Å². The highest BCUT2D eigenvalue weighted by molar-refractivity contribution is 6.16. The fraction of sp³-hybridized carbons (Fsp3) is 0.100. The van der Waals surface area contributed by atoms with Crippen LogP contribution in [0.5, 0.6) is 0 Å². The Labute approximate surface area is 241 Å². The van der Waals surface area contributed by atoms with Crippen molar-refractivity contribution in [2.24, 2.45) is 0 Å². The number of benzene rings is 5. The van der Waals surface area contributed by atoms with Gasteiger partial charge in [-0.2, -0.15) is 0 Å². The van der Waals surface area contributed by atoms with E-state index in [0.29, 0.717) is 0 Å². The molecule has 1 atom stereocenters. The van der Waals surface area contributed by atoms with Crippen LogP contribution in [-0.2, 0) is 5.41 Å². The molecule has 2 aliphatic carbocycles. The van der Waals surface area contributed by atoms with Gasteiger partial charge >= 0.3 is 0 Å². The number of para-hydroxylation sites is 2. The highest BCUT2D eigenvalue weighted by Gasteiger charge is 2.49. The number of aromatic nitrogens is 1. The fourth-order valence-electron chi connectivity index (χ4n) is 7.52. The summed E-state index contributed by atoms with van der Waals surface area (Å²) in [5.74, 6) is 0. The minimum absolute atomic E-state index is 0.393. The molecule has 1 unspecified atom stereocenters. The van der Waals surface area contributed by atoms with E-state index in [1.165, 1.54) is 72.0 Å². The van der Waals surface area contributed by atoms with Crippen LogP contribution in [0.2, 0.25) is 0 Å². The molecule has 1 heteroatoms. The lowest BCUT2D eigenvalue weighted by molar-refractivity contribution is 0.719. The minimum atomic E-state index is -0.393. The van der Waals surface area contributed by atoms with Gasteiger partial charge in [0.05, 0.1) is 22.1 Å². The lowest BCUT2D eigenvalue weighted by Crippen LogP contribution is -2.31. The molecule has 8 rings (SSSR count). The molecule has 2 aliphatic rings. The average molecular weight is 526 g/mol. The topological polar surface area (TPSA) is 4.93 Å². The lowest BCUT2D eigenvalue weighted by Gasteiger charge is -2.37. The van der Waals surface area contributed by atoms with Crippen LogP contribution in [0.15, 0.2) is 145 Å². The first kappa shape index (κ1) is 24.0. The Morgan fingerprint density at radius 1 is 0.634 bits per heavy atom. The van der Waals surface area contributed by atoms with E-state index >= 15 is 0 Å². The molecular weight excluding hydrogens is 494 g/mol. The predicted octanol–water partition coefficient (Wildman–Crippen LogP) is 10.0. The molecule has 6 aromatic rings. The van der Waals surface area contributed by atoms with Crippen molar-refractivity contribution in [3.63, 3.8) is 0 Å². The van der Waals surface area contributed by atoms with Crippen LogP contribution in [0.1, 0.15) is 39.8 Å². The minimum Gasteiger partial charge on any atom is -0.309 e. The van der Waals surface area contributed by atoms with Crippen LogP contribution < -0.4 is 0 Å². The van der Waals surface area contributed by atoms with Gasteiger partial charge in [-0.1, -0.05) is 127 Å². The third-order valence-electron chi connectivity index (χ3n) is 9.15. The molecule has 0 saturated carbocycles. The molecule has 0 bridgehead atoms. The van der Waals surface area contributed by atoms with Gasteiger partial charge in [-0.15, -0.1) is 0 Å². The van der Waals surface area contributed by atoms with Gasteiger partial charge in [-0.3, -0.25) is 0 Å². The molecule has 1 nitrogen and oxygen atoms in total. The number of nitrogens with zero attached hydrogens (tertiary/aromatic N) is 1. The van der Waals surface area contributed by atoms with Crippen molar-refractivity contribution in [3.05, 3.63) is 179 Å². The Balaban J connectivity index is 1.55. The van der Waals surface area contributed by atoms with E-state index in [1.807, 2.05) is 0 Å². The summed E-state index contributed by atoms with van der Waals surface area (Å²) in [5, 5.41) is 2.57. The van der Waals surface area contributed by atoms with Crippen molar-refractivity contribution in [2.75, 3.05) is 0 Å². The summed E-state index contributed by atoms with van der Waals surface area (Å²) in [4.78, 5) is 0. The summed E-state index contributed by atoms with van der Waals surface area (Å²) in [7, 11) is 0. The molecule has 41 heavy (non-hydrogen) atoms. The molecule has 5 aromatic carbocycles. The Morgan fingerprint density at radius 2 is 1.29 bits per heavy atom. The second-order valence-electron chi connectivity index (χ2n) is 11.4. The van der Waals surface area contributed by atoms with Gasteiger partial charge in [-0.25, -0.2) is 0 Å². The first-order valence-corrected chi connectivity index (χ1v) is 14.5. The first-order chi connectivity index (χ1) is 20.2. The van der Waals surface area contributed by atoms with E-state index in [-0.39, 0.29) is 0 Å². The van der Waals surface area contributed by atoms with Gasteiger partial charge in [0.2, 0.25) is 0 Å². The van der Waals surface area contributed by atoms with E-state index in [1.54, 1.807) is 0 Å². The zero-order chi connectivity index (χ0) is 27.6. The van der Waals surface area contributed by atoms with Gasteiger partial charge in [-0.05, 0) is 71.9 Å². The third-order valence-corrected chi connectivity index (χ3v) is 9.15. The molecule has 0 spiro atoms. The van der Waals surface area contributed by atoms with E-state index in [9.17, 15) is 0 Å². The SMILES string of the molecule is Cc1ccc2c(c1)C(c1ccccc1)(c1ccccc1C)C1=C2C(n2c3ccccc3c3ccccc32)=CC=CC1. The largest absolute Gasteiger partial charge is 0.309 e. The van der Waals surface area contributed by atoms with Crippen LogP contribution >= 0.6 is 0 Å². The Hall–Kier alpha value is -4.88. The Bertz CT molecular complexity index is 2030. The highest BCUT2D eigenvalue weighted by Crippen LogP contribution is 2.59. The molecule has 0 radical (unpaired) electrons.